The third-order valence-electron chi connectivity index (χ3n) is 1.99. The fourth-order valence-corrected chi connectivity index (χ4v) is 1.74. The first-order valence-electron chi connectivity index (χ1n) is 4.71. The number of aromatic amines is 1. The molecule has 5 nitrogen and oxygen atoms in total. The van der Waals surface area contributed by atoms with Crippen molar-refractivity contribution in [2.45, 2.75) is 6.92 Å². The Morgan fingerprint density at radius 3 is 2.41 bits per heavy atom. The molecule has 0 fully saturated rings. The predicted molar refractivity (Wildman–Crippen MR) is 67.1 cm³/mol. The van der Waals surface area contributed by atoms with Crippen LogP contribution in [0.15, 0.2) is 23.0 Å². The number of halogens is 2. The number of rotatable bonds is 2. The van der Waals surface area contributed by atoms with Crippen molar-refractivity contribution in [3.63, 3.8) is 0 Å². The number of aromatic nitrogens is 3. The maximum atomic E-state index is 11.3. The van der Waals surface area contributed by atoms with Crippen molar-refractivity contribution < 1.29 is 0 Å². The molecule has 0 unspecified atom stereocenters. The van der Waals surface area contributed by atoms with E-state index in [2.05, 4.69) is 20.5 Å². The number of nitrogens with one attached hydrogen (secondary N) is 2. The quantitative estimate of drug-likeness (QED) is 0.880. The van der Waals surface area contributed by atoms with Gasteiger partial charge in [0.15, 0.2) is 0 Å². The summed E-state index contributed by atoms with van der Waals surface area (Å²) in [6, 6.07) is 4.93. The molecular formula is C10H8Cl2N4O. The summed E-state index contributed by atoms with van der Waals surface area (Å²) in [7, 11) is 0. The first-order valence-corrected chi connectivity index (χ1v) is 5.47. The second-order valence-corrected chi connectivity index (χ2v) is 4.24. The van der Waals surface area contributed by atoms with E-state index in [1.54, 1.807) is 25.1 Å². The third-order valence-corrected chi connectivity index (χ3v) is 2.42. The minimum Gasteiger partial charge on any atom is -0.324 e. The molecule has 0 aliphatic carbocycles. The summed E-state index contributed by atoms with van der Waals surface area (Å²) in [6.45, 7) is 1.58. The van der Waals surface area contributed by atoms with E-state index in [9.17, 15) is 4.79 Å². The first kappa shape index (κ1) is 11.9. The fourth-order valence-electron chi connectivity index (χ4n) is 1.21. The Morgan fingerprint density at radius 1 is 1.18 bits per heavy atom. The van der Waals surface area contributed by atoms with Crippen LogP contribution in [-0.4, -0.2) is 15.2 Å². The standard InChI is InChI=1S/C10H8Cl2N4O/c1-5-9(17)14-10(16-15-5)13-8-3-6(11)2-7(12)4-8/h2-4H,1H3,(H2,13,14,16,17). The second kappa shape index (κ2) is 4.73. The number of benzene rings is 1. The Kier molecular flexibility index (Phi) is 3.31. The first-order chi connectivity index (χ1) is 8.04. The lowest BCUT2D eigenvalue weighted by molar-refractivity contribution is 0.908. The normalized spacial score (nSPS) is 10.3. The molecule has 2 N–H and O–H groups in total. The van der Waals surface area contributed by atoms with Crippen LogP contribution < -0.4 is 10.9 Å². The van der Waals surface area contributed by atoms with Gasteiger partial charge in [-0.15, -0.1) is 10.2 Å². The number of nitrogens with zero attached hydrogens (tertiary/aromatic N) is 2. The molecule has 2 aromatic rings. The molecule has 0 spiro atoms. The van der Waals surface area contributed by atoms with Crippen LogP contribution in [0.2, 0.25) is 10.0 Å². The molecule has 0 saturated carbocycles. The lowest BCUT2D eigenvalue weighted by Gasteiger charge is -2.05. The predicted octanol–water partition coefficient (Wildman–Crippen LogP) is 2.52. The number of H-pyrrole nitrogens is 1. The minimum atomic E-state index is -0.296. The van der Waals surface area contributed by atoms with Gasteiger partial charge in [-0.3, -0.25) is 9.78 Å². The Bertz CT molecular complexity index is 591. The van der Waals surface area contributed by atoms with E-state index in [1.165, 1.54) is 0 Å². The van der Waals surface area contributed by atoms with E-state index < -0.39 is 0 Å². The number of hydrogen-bond acceptors (Lipinski definition) is 4. The van der Waals surface area contributed by atoms with E-state index in [1.807, 2.05) is 0 Å². The molecule has 17 heavy (non-hydrogen) atoms. The Labute approximate surface area is 107 Å². The average molecular weight is 271 g/mol. The SMILES string of the molecule is Cc1nnc(Nc2cc(Cl)cc(Cl)c2)[nH]c1=O. The molecule has 0 amide bonds. The molecule has 0 bridgehead atoms. The van der Waals surface area contributed by atoms with Gasteiger partial charge in [0, 0.05) is 15.7 Å². The maximum Gasteiger partial charge on any atom is 0.273 e. The van der Waals surface area contributed by atoms with Crippen molar-refractivity contribution in [1.29, 1.82) is 0 Å². The summed E-state index contributed by atoms with van der Waals surface area (Å²) >= 11 is 11.7. The van der Waals surface area contributed by atoms with Crippen LogP contribution in [0.25, 0.3) is 0 Å². The van der Waals surface area contributed by atoms with Gasteiger partial charge in [0.1, 0.15) is 5.69 Å². The highest BCUT2D eigenvalue weighted by Gasteiger charge is 2.02. The molecule has 2 rings (SSSR count). The average Bonchev–Trinajstić information content (AvgIpc) is 2.22. The summed E-state index contributed by atoms with van der Waals surface area (Å²) in [5.41, 5.74) is 0.631. The van der Waals surface area contributed by atoms with Crippen LogP contribution >= 0.6 is 23.2 Å². The van der Waals surface area contributed by atoms with Crippen molar-refractivity contribution in [1.82, 2.24) is 15.2 Å². The molecule has 0 saturated heterocycles. The number of aryl methyl sites for hydroxylation is 1. The van der Waals surface area contributed by atoms with E-state index >= 15 is 0 Å². The van der Waals surface area contributed by atoms with Gasteiger partial charge >= 0.3 is 0 Å². The Hall–Kier alpha value is -1.59. The molecule has 1 aromatic carbocycles. The topological polar surface area (TPSA) is 70.7 Å². The summed E-state index contributed by atoms with van der Waals surface area (Å²) in [6.07, 6.45) is 0. The van der Waals surface area contributed by atoms with E-state index in [0.717, 1.165) is 0 Å². The van der Waals surface area contributed by atoms with Crippen LogP contribution in [0.5, 0.6) is 0 Å². The van der Waals surface area contributed by atoms with Crippen molar-refractivity contribution in [2.75, 3.05) is 5.32 Å². The van der Waals surface area contributed by atoms with Crippen LogP contribution in [0, 0.1) is 6.92 Å². The van der Waals surface area contributed by atoms with Gasteiger partial charge in [-0.1, -0.05) is 23.2 Å². The van der Waals surface area contributed by atoms with Gasteiger partial charge in [0.05, 0.1) is 0 Å². The van der Waals surface area contributed by atoms with Crippen molar-refractivity contribution in [3.05, 3.63) is 44.3 Å². The molecule has 0 radical (unpaired) electrons. The van der Waals surface area contributed by atoms with Crippen LogP contribution in [0.3, 0.4) is 0 Å². The highest BCUT2D eigenvalue weighted by molar-refractivity contribution is 6.35. The van der Waals surface area contributed by atoms with E-state index in [-0.39, 0.29) is 11.5 Å². The lowest BCUT2D eigenvalue weighted by atomic mass is 10.3. The van der Waals surface area contributed by atoms with Gasteiger partial charge in [-0.25, -0.2) is 0 Å². The van der Waals surface area contributed by atoms with Gasteiger partial charge in [-0.05, 0) is 25.1 Å². The van der Waals surface area contributed by atoms with Gasteiger partial charge in [0.25, 0.3) is 5.56 Å². The zero-order chi connectivity index (χ0) is 12.4. The third kappa shape index (κ3) is 2.95. The Balaban J connectivity index is 2.31. The van der Waals surface area contributed by atoms with E-state index in [4.69, 9.17) is 23.2 Å². The molecule has 1 aromatic heterocycles. The highest BCUT2D eigenvalue weighted by atomic mass is 35.5. The van der Waals surface area contributed by atoms with Crippen LogP contribution in [0.1, 0.15) is 5.69 Å². The fraction of sp³-hybridized carbons (Fsp3) is 0.100. The molecule has 0 atom stereocenters. The van der Waals surface area contributed by atoms with Crippen LogP contribution in [-0.2, 0) is 0 Å². The van der Waals surface area contributed by atoms with Crippen LogP contribution in [0.4, 0.5) is 11.6 Å². The summed E-state index contributed by atoms with van der Waals surface area (Å²) in [5.74, 6) is 0.235. The largest absolute Gasteiger partial charge is 0.324 e. The highest BCUT2D eigenvalue weighted by Crippen LogP contribution is 2.23. The molecule has 0 aliphatic rings. The molecular weight excluding hydrogens is 263 g/mol. The molecule has 1 heterocycles. The van der Waals surface area contributed by atoms with Crippen molar-refractivity contribution in [2.24, 2.45) is 0 Å². The van der Waals surface area contributed by atoms with Gasteiger partial charge in [0.2, 0.25) is 5.95 Å². The maximum absolute atomic E-state index is 11.3. The molecule has 7 heteroatoms. The Morgan fingerprint density at radius 2 is 1.82 bits per heavy atom. The number of anilines is 2. The molecule has 88 valence electrons. The summed E-state index contributed by atoms with van der Waals surface area (Å²) in [4.78, 5) is 13.9. The van der Waals surface area contributed by atoms with Crippen molar-refractivity contribution >= 4 is 34.8 Å². The monoisotopic (exact) mass is 270 g/mol. The number of hydrogen-bond donors (Lipinski definition) is 2. The minimum absolute atomic E-state index is 0.235. The van der Waals surface area contributed by atoms with E-state index in [0.29, 0.717) is 21.4 Å². The van der Waals surface area contributed by atoms with Crippen molar-refractivity contribution in [3.8, 4) is 0 Å². The lowest BCUT2D eigenvalue weighted by Crippen LogP contribution is -2.15. The second-order valence-electron chi connectivity index (χ2n) is 3.37. The zero-order valence-corrected chi connectivity index (χ0v) is 10.3. The summed E-state index contributed by atoms with van der Waals surface area (Å²) < 4.78 is 0. The van der Waals surface area contributed by atoms with Gasteiger partial charge in [-0.2, -0.15) is 0 Å². The van der Waals surface area contributed by atoms with Gasteiger partial charge < -0.3 is 5.32 Å². The zero-order valence-electron chi connectivity index (χ0n) is 8.79. The smallest absolute Gasteiger partial charge is 0.273 e. The summed E-state index contributed by atoms with van der Waals surface area (Å²) in [5, 5.41) is 11.3. The molecule has 0 aliphatic heterocycles.